The van der Waals surface area contributed by atoms with Crippen molar-refractivity contribution in [3.8, 4) is 0 Å². The number of nitrogens with zero attached hydrogens (tertiary/aromatic N) is 2. The Morgan fingerprint density at radius 1 is 1.71 bits per heavy atom. The third-order valence-corrected chi connectivity index (χ3v) is 2.11. The van der Waals surface area contributed by atoms with E-state index in [2.05, 4.69) is 4.98 Å². The van der Waals surface area contributed by atoms with E-state index in [1.165, 1.54) is 0 Å². The zero-order valence-electron chi connectivity index (χ0n) is 8.00. The lowest BCUT2D eigenvalue weighted by Gasteiger charge is -2.18. The number of halogens is 1. The van der Waals surface area contributed by atoms with E-state index in [0.29, 0.717) is 18.0 Å². The normalized spacial score (nSPS) is 9.86. The molecule has 0 spiro atoms. The second-order valence-corrected chi connectivity index (χ2v) is 3.41. The zero-order chi connectivity index (χ0) is 10.6. The van der Waals surface area contributed by atoms with E-state index in [1.807, 2.05) is 11.9 Å². The summed E-state index contributed by atoms with van der Waals surface area (Å²) in [5.74, 6) is 0.888. The Hall–Kier alpha value is -1.29. The van der Waals surface area contributed by atoms with Crippen LogP contribution in [0.5, 0.6) is 0 Å². The molecule has 76 valence electrons. The molecule has 0 radical (unpaired) electrons. The van der Waals surface area contributed by atoms with Gasteiger partial charge in [0.05, 0.1) is 10.9 Å². The van der Waals surface area contributed by atoms with Gasteiger partial charge >= 0.3 is 0 Å². The second-order valence-electron chi connectivity index (χ2n) is 3.01. The molecule has 0 aliphatic carbocycles. The van der Waals surface area contributed by atoms with Gasteiger partial charge in [-0.2, -0.15) is 0 Å². The highest BCUT2D eigenvalue weighted by Crippen LogP contribution is 2.20. The number of hydrogen-bond donors (Lipinski definition) is 2. The lowest BCUT2D eigenvalue weighted by Crippen LogP contribution is -2.24. The maximum atomic E-state index is 7.10. The first-order valence-corrected chi connectivity index (χ1v) is 4.63. The van der Waals surface area contributed by atoms with E-state index in [-0.39, 0.29) is 5.84 Å². The summed E-state index contributed by atoms with van der Waals surface area (Å²) in [4.78, 5) is 6.02. The highest BCUT2D eigenvalue weighted by atomic mass is 35.5. The fraction of sp³-hybridized carbons (Fsp3) is 0.333. The summed E-state index contributed by atoms with van der Waals surface area (Å²) in [6.45, 7) is 0.645. The monoisotopic (exact) mass is 212 g/mol. The van der Waals surface area contributed by atoms with E-state index in [4.69, 9.17) is 22.7 Å². The van der Waals surface area contributed by atoms with Gasteiger partial charge in [-0.1, -0.05) is 11.6 Å². The molecule has 0 aliphatic rings. The second kappa shape index (κ2) is 4.81. The molecule has 1 aromatic rings. The maximum absolute atomic E-state index is 7.10. The predicted octanol–water partition coefficient (Wildman–Crippen LogP) is 1.50. The van der Waals surface area contributed by atoms with Gasteiger partial charge in [0, 0.05) is 26.2 Å². The molecular formula is C9H13ClN4. The largest absolute Gasteiger partial charge is 0.388 e. The molecule has 1 rings (SSSR count). The lowest BCUT2D eigenvalue weighted by atomic mass is 10.3. The fourth-order valence-electron chi connectivity index (χ4n) is 1.05. The van der Waals surface area contributed by atoms with Crippen LogP contribution in [0.2, 0.25) is 5.02 Å². The van der Waals surface area contributed by atoms with E-state index in [0.717, 1.165) is 5.82 Å². The van der Waals surface area contributed by atoms with Gasteiger partial charge in [-0.05, 0) is 12.1 Å². The number of aromatic nitrogens is 1. The maximum Gasteiger partial charge on any atom is 0.147 e. The van der Waals surface area contributed by atoms with Crippen LogP contribution in [0.15, 0.2) is 18.3 Å². The zero-order valence-corrected chi connectivity index (χ0v) is 8.75. The summed E-state index contributed by atoms with van der Waals surface area (Å²) in [7, 11) is 1.87. The first-order chi connectivity index (χ1) is 6.61. The van der Waals surface area contributed by atoms with Gasteiger partial charge in [0.1, 0.15) is 5.82 Å². The Kier molecular flexibility index (Phi) is 3.71. The van der Waals surface area contributed by atoms with Crippen molar-refractivity contribution in [2.75, 3.05) is 18.5 Å². The van der Waals surface area contributed by atoms with Crippen molar-refractivity contribution < 1.29 is 0 Å². The van der Waals surface area contributed by atoms with Crippen LogP contribution in [0.1, 0.15) is 6.42 Å². The average molecular weight is 213 g/mol. The molecule has 0 unspecified atom stereocenters. The van der Waals surface area contributed by atoms with Crippen LogP contribution in [0, 0.1) is 5.41 Å². The average Bonchev–Trinajstić information content (AvgIpc) is 2.15. The number of hydrogen-bond acceptors (Lipinski definition) is 3. The SMILES string of the molecule is CN(CCC(=N)N)c1ncccc1Cl. The van der Waals surface area contributed by atoms with Crippen molar-refractivity contribution in [1.82, 2.24) is 4.98 Å². The molecule has 0 atom stereocenters. The summed E-state index contributed by atoms with van der Waals surface area (Å²) in [5, 5.41) is 7.71. The number of rotatable bonds is 4. The highest BCUT2D eigenvalue weighted by molar-refractivity contribution is 6.32. The summed E-state index contributed by atoms with van der Waals surface area (Å²) in [6, 6.07) is 3.57. The van der Waals surface area contributed by atoms with Crippen molar-refractivity contribution in [2.45, 2.75) is 6.42 Å². The van der Waals surface area contributed by atoms with E-state index in [9.17, 15) is 0 Å². The molecule has 0 amide bonds. The first-order valence-electron chi connectivity index (χ1n) is 4.26. The summed E-state index contributed by atoms with van der Waals surface area (Å²) >= 11 is 5.95. The van der Waals surface area contributed by atoms with Crippen LogP contribution < -0.4 is 10.6 Å². The topological polar surface area (TPSA) is 66.0 Å². The molecule has 1 heterocycles. The number of amidine groups is 1. The Bertz CT molecular complexity index is 326. The standard InChI is InChI=1S/C9H13ClN4/c1-14(6-4-8(11)12)9-7(10)3-2-5-13-9/h2-3,5H,4,6H2,1H3,(H3,11,12). The number of nitrogens with two attached hydrogens (primary N) is 1. The van der Waals surface area contributed by atoms with Crippen molar-refractivity contribution >= 4 is 23.3 Å². The molecule has 0 fully saturated rings. The van der Waals surface area contributed by atoms with Gasteiger partial charge in [0.15, 0.2) is 0 Å². The minimum absolute atomic E-state index is 0.170. The Balaban J connectivity index is 2.65. The van der Waals surface area contributed by atoms with Gasteiger partial charge in [0.2, 0.25) is 0 Å². The molecule has 0 bridgehead atoms. The van der Waals surface area contributed by atoms with Crippen molar-refractivity contribution in [1.29, 1.82) is 5.41 Å². The number of nitrogens with one attached hydrogen (secondary N) is 1. The Morgan fingerprint density at radius 2 is 2.43 bits per heavy atom. The molecule has 0 aromatic carbocycles. The molecule has 5 heteroatoms. The van der Waals surface area contributed by atoms with Gasteiger partial charge in [-0.3, -0.25) is 5.41 Å². The minimum Gasteiger partial charge on any atom is -0.388 e. The third kappa shape index (κ3) is 2.88. The predicted molar refractivity (Wildman–Crippen MR) is 59.0 cm³/mol. The molecule has 0 aliphatic heterocycles. The Labute approximate surface area is 88.2 Å². The van der Waals surface area contributed by atoms with Crippen molar-refractivity contribution in [2.24, 2.45) is 5.73 Å². The molecule has 3 N–H and O–H groups in total. The molecule has 4 nitrogen and oxygen atoms in total. The molecular weight excluding hydrogens is 200 g/mol. The Morgan fingerprint density at radius 3 is 3.00 bits per heavy atom. The lowest BCUT2D eigenvalue weighted by molar-refractivity contribution is 0.890. The van der Waals surface area contributed by atoms with Crippen molar-refractivity contribution in [3.05, 3.63) is 23.4 Å². The molecule has 14 heavy (non-hydrogen) atoms. The summed E-state index contributed by atoms with van der Waals surface area (Å²) in [5.41, 5.74) is 5.26. The van der Waals surface area contributed by atoms with Crippen LogP contribution >= 0.6 is 11.6 Å². The number of pyridine rings is 1. The number of anilines is 1. The van der Waals surface area contributed by atoms with E-state index in [1.54, 1.807) is 18.3 Å². The van der Waals surface area contributed by atoms with Crippen LogP contribution in [0.4, 0.5) is 5.82 Å². The van der Waals surface area contributed by atoms with Gasteiger partial charge in [-0.25, -0.2) is 4.98 Å². The fourth-order valence-corrected chi connectivity index (χ4v) is 1.32. The quantitative estimate of drug-likeness (QED) is 0.587. The van der Waals surface area contributed by atoms with Crippen LogP contribution in [0.3, 0.4) is 0 Å². The summed E-state index contributed by atoms with van der Waals surface area (Å²) < 4.78 is 0. The smallest absolute Gasteiger partial charge is 0.147 e. The van der Waals surface area contributed by atoms with Gasteiger partial charge < -0.3 is 10.6 Å². The van der Waals surface area contributed by atoms with Crippen LogP contribution in [-0.4, -0.2) is 24.4 Å². The van der Waals surface area contributed by atoms with E-state index < -0.39 is 0 Å². The minimum atomic E-state index is 0.170. The van der Waals surface area contributed by atoms with Crippen LogP contribution in [0.25, 0.3) is 0 Å². The highest BCUT2D eigenvalue weighted by Gasteiger charge is 2.06. The van der Waals surface area contributed by atoms with Gasteiger partial charge in [0.25, 0.3) is 0 Å². The molecule has 0 saturated carbocycles. The molecule has 0 saturated heterocycles. The van der Waals surface area contributed by atoms with Crippen molar-refractivity contribution in [3.63, 3.8) is 0 Å². The van der Waals surface area contributed by atoms with E-state index >= 15 is 0 Å². The molecule has 1 aromatic heterocycles. The third-order valence-electron chi connectivity index (χ3n) is 1.82. The van der Waals surface area contributed by atoms with Crippen LogP contribution in [-0.2, 0) is 0 Å². The van der Waals surface area contributed by atoms with Gasteiger partial charge in [-0.15, -0.1) is 0 Å². The first kappa shape index (κ1) is 10.8. The summed E-state index contributed by atoms with van der Waals surface area (Å²) in [6.07, 6.45) is 2.20.